The highest BCUT2D eigenvalue weighted by Gasteiger charge is 2.12. The number of sulfonamides is 1. The minimum atomic E-state index is -3.84. The number of rotatable bonds is 9. The lowest BCUT2D eigenvalue weighted by Crippen LogP contribution is -2.15. The Bertz CT molecular complexity index is 558. The number of carbonyl (C=O) groups excluding carboxylic acids is 1. The number of ether oxygens (including phenoxy) is 3. The van der Waals surface area contributed by atoms with Crippen LogP contribution in [0.1, 0.15) is 16.8 Å². The maximum atomic E-state index is 11.7. The van der Waals surface area contributed by atoms with Gasteiger partial charge in [-0.15, -0.1) is 0 Å². The molecule has 21 heavy (non-hydrogen) atoms. The Morgan fingerprint density at radius 2 is 1.95 bits per heavy atom. The number of primary sulfonamides is 1. The van der Waals surface area contributed by atoms with E-state index in [4.69, 9.17) is 19.3 Å². The number of esters is 1. The van der Waals surface area contributed by atoms with Gasteiger partial charge in [-0.25, -0.2) is 18.4 Å². The highest BCUT2D eigenvalue weighted by Crippen LogP contribution is 2.10. The second-order valence-electron chi connectivity index (χ2n) is 4.17. The lowest BCUT2D eigenvalue weighted by molar-refractivity contribution is 0.0288. The van der Waals surface area contributed by atoms with Gasteiger partial charge in [0, 0.05) is 20.3 Å². The van der Waals surface area contributed by atoms with E-state index in [1.54, 1.807) is 7.11 Å². The fraction of sp³-hybridized carbons (Fsp3) is 0.462. The maximum absolute atomic E-state index is 11.7. The average Bonchev–Trinajstić information content (AvgIpc) is 2.45. The van der Waals surface area contributed by atoms with Gasteiger partial charge in [-0.05, 0) is 24.6 Å². The molecule has 0 heterocycles. The Hall–Kier alpha value is -1.48. The number of methoxy groups -OCH3 is 1. The van der Waals surface area contributed by atoms with Crippen LogP contribution in [0.2, 0.25) is 0 Å². The zero-order chi connectivity index (χ0) is 15.7. The molecule has 0 aliphatic rings. The fourth-order valence-corrected chi connectivity index (χ4v) is 2.04. The van der Waals surface area contributed by atoms with Crippen LogP contribution in [0.4, 0.5) is 0 Å². The molecule has 0 spiro atoms. The molecule has 1 rings (SSSR count). The van der Waals surface area contributed by atoms with Crippen molar-refractivity contribution in [1.82, 2.24) is 0 Å². The molecule has 0 saturated carbocycles. The van der Waals surface area contributed by atoms with Crippen LogP contribution in [0.15, 0.2) is 29.2 Å². The van der Waals surface area contributed by atoms with Crippen LogP contribution in [-0.4, -0.2) is 47.9 Å². The van der Waals surface area contributed by atoms with Crippen LogP contribution in [-0.2, 0) is 24.2 Å². The third-order valence-electron chi connectivity index (χ3n) is 2.50. The first-order valence-electron chi connectivity index (χ1n) is 6.32. The highest BCUT2D eigenvalue weighted by atomic mass is 32.2. The van der Waals surface area contributed by atoms with E-state index in [1.807, 2.05) is 0 Å². The van der Waals surface area contributed by atoms with Crippen LogP contribution in [0.5, 0.6) is 0 Å². The molecule has 0 saturated heterocycles. The van der Waals surface area contributed by atoms with Crippen molar-refractivity contribution in [3.05, 3.63) is 29.8 Å². The second-order valence-corrected chi connectivity index (χ2v) is 5.73. The van der Waals surface area contributed by atoms with Gasteiger partial charge in [0.2, 0.25) is 10.0 Å². The van der Waals surface area contributed by atoms with Crippen molar-refractivity contribution in [2.24, 2.45) is 5.14 Å². The minimum absolute atomic E-state index is 0.0887. The molecule has 0 radical (unpaired) electrons. The molecule has 0 aromatic heterocycles. The van der Waals surface area contributed by atoms with Gasteiger partial charge in [0.05, 0.1) is 17.1 Å². The van der Waals surface area contributed by atoms with E-state index in [0.29, 0.717) is 13.2 Å². The van der Waals surface area contributed by atoms with E-state index in [-0.39, 0.29) is 23.7 Å². The maximum Gasteiger partial charge on any atom is 0.338 e. The summed E-state index contributed by atoms with van der Waals surface area (Å²) in [4.78, 5) is 11.6. The fourth-order valence-electron chi connectivity index (χ4n) is 1.48. The van der Waals surface area contributed by atoms with Crippen molar-refractivity contribution in [1.29, 1.82) is 0 Å². The Balaban J connectivity index is 2.39. The Kier molecular flexibility index (Phi) is 7.30. The summed E-state index contributed by atoms with van der Waals surface area (Å²) < 4.78 is 37.4. The van der Waals surface area contributed by atoms with Crippen LogP contribution in [0, 0.1) is 0 Å². The Morgan fingerprint density at radius 1 is 1.19 bits per heavy atom. The summed E-state index contributed by atoms with van der Waals surface area (Å²) in [5.74, 6) is -0.624. The van der Waals surface area contributed by atoms with Gasteiger partial charge in [-0.2, -0.15) is 0 Å². The quantitative estimate of drug-likeness (QED) is 0.526. The van der Waals surface area contributed by atoms with Crippen molar-refractivity contribution in [3.8, 4) is 0 Å². The van der Waals surface area contributed by atoms with E-state index in [0.717, 1.165) is 6.42 Å². The summed E-state index contributed by atoms with van der Waals surface area (Å²) in [5, 5.41) is 5.00. The third kappa shape index (κ3) is 6.67. The molecule has 118 valence electrons. The molecule has 0 aliphatic heterocycles. The molecule has 0 bridgehead atoms. The monoisotopic (exact) mass is 317 g/mol. The zero-order valence-electron chi connectivity index (χ0n) is 11.8. The van der Waals surface area contributed by atoms with Gasteiger partial charge in [0.25, 0.3) is 0 Å². The molecule has 0 amide bonds. The Labute approximate surface area is 124 Å². The number of hydrogen-bond donors (Lipinski definition) is 1. The van der Waals surface area contributed by atoms with Gasteiger partial charge in [-0.3, -0.25) is 0 Å². The number of nitrogens with two attached hydrogens (primary N) is 1. The summed E-state index contributed by atoms with van der Waals surface area (Å²) in [6.07, 6.45) is 0.765. The summed E-state index contributed by atoms with van der Waals surface area (Å²) >= 11 is 0. The van der Waals surface area contributed by atoms with E-state index in [2.05, 4.69) is 0 Å². The van der Waals surface area contributed by atoms with Gasteiger partial charge in [-0.1, -0.05) is 6.07 Å². The smallest absolute Gasteiger partial charge is 0.338 e. The molecule has 0 fully saturated rings. The van der Waals surface area contributed by atoms with E-state index < -0.39 is 16.0 Å². The van der Waals surface area contributed by atoms with Gasteiger partial charge < -0.3 is 14.2 Å². The first-order valence-corrected chi connectivity index (χ1v) is 7.86. The van der Waals surface area contributed by atoms with E-state index >= 15 is 0 Å². The molecule has 8 heteroatoms. The normalized spacial score (nSPS) is 11.3. The molecule has 0 atom stereocenters. The molecule has 2 N–H and O–H groups in total. The predicted octanol–water partition coefficient (Wildman–Crippen LogP) is 0.544. The van der Waals surface area contributed by atoms with Crippen molar-refractivity contribution in [3.63, 3.8) is 0 Å². The van der Waals surface area contributed by atoms with Crippen LogP contribution in [0.25, 0.3) is 0 Å². The largest absolute Gasteiger partial charge is 0.460 e. The average molecular weight is 317 g/mol. The summed E-state index contributed by atoms with van der Waals surface area (Å²) in [6.45, 7) is 1.49. The van der Waals surface area contributed by atoms with Gasteiger partial charge in [0.1, 0.15) is 6.61 Å². The number of carbonyl (C=O) groups is 1. The molecular formula is C13H19NO6S. The van der Waals surface area contributed by atoms with Crippen LogP contribution < -0.4 is 5.14 Å². The van der Waals surface area contributed by atoms with Crippen LogP contribution in [0.3, 0.4) is 0 Å². The second kappa shape index (κ2) is 8.73. The molecular weight excluding hydrogens is 298 g/mol. The third-order valence-corrected chi connectivity index (χ3v) is 3.41. The first kappa shape index (κ1) is 17.6. The lowest BCUT2D eigenvalue weighted by Gasteiger charge is -2.07. The van der Waals surface area contributed by atoms with Crippen molar-refractivity contribution in [2.75, 3.05) is 33.5 Å². The molecule has 1 aromatic rings. The van der Waals surface area contributed by atoms with E-state index in [1.165, 1.54) is 24.3 Å². The summed E-state index contributed by atoms with van der Waals surface area (Å²) in [5.41, 5.74) is 0.126. The van der Waals surface area contributed by atoms with Gasteiger partial charge >= 0.3 is 5.97 Å². The van der Waals surface area contributed by atoms with Crippen LogP contribution >= 0.6 is 0 Å². The molecule has 1 aromatic carbocycles. The lowest BCUT2D eigenvalue weighted by atomic mass is 10.2. The standard InChI is InChI=1S/C13H19NO6S/c1-18-6-3-7-19-8-9-20-13(15)11-4-2-5-12(10-11)21(14,16)17/h2,4-5,10H,3,6-9H2,1H3,(H2,14,16,17). The molecule has 0 aliphatic carbocycles. The van der Waals surface area contributed by atoms with Crippen molar-refractivity contribution >= 4 is 16.0 Å². The minimum Gasteiger partial charge on any atom is -0.460 e. The van der Waals surface area contributed by atoms with Gasteiger partial charge in [0.15, 0.2) is 0 Å². The highest BCUT2D eigenvalue weighted by molar-refractivity contribution is 7.89. The molecule has 0 unspecified atom stereocenters. The Morgan fingerprint density at radius 3 is 2.62 bits per heavy atom. The zero-order valence-corrected chi connectivity index (χ0v) is 12.6. The van der Waals surface area contributed by atoms with Crippen molar-refractivity contribution < 1.29 is 27.4 Å². The number of benzene rings is 1. The van der Waals surface area contributed by atoms with E-state index in [9.17, 15) is 13.2 Å². The summed E-state index contributed by atoms with van der Waals surface area (Å²) in [6, 6.07) is 5.37. The topological polar surface area (TPSA) is 105 Å². The SMILES string of the molecule is COCCCOCCOC(=O)c1cccc(S(N)(=O)=O)c1. The first-order chi connectivity index (χ1) is 9.95. The van der Waals surface area contributed by atoms with Crippen molar-refractivity contribution in [2.45, 2.75) is 11.3 Å². The molecule has 7 nitrogen and oxygen atoms in total. The predicted molar refractivity (Wildman–Crippen MR) is 75.4 cm³/mol. The summed E-state index contributed by atoms with van der Waals surface area (Å²) in [7, 11) is -2.23. The number of hydrogen-bond acceptors (Lipinski definition) is 6.